The molecule has 1 aliphatic rings. The molecule has 1 aromatic carbocycles. The molecule has 0 saturated heterocycles. The number of hydrogen-bond donors (Lipinski definition) is 1. The highest BCUT2D eigenvalue weighted by Gasteiger charge is 2.38. The van der Waals surface area contributed by atoms with Crippen molar-refractivity contribution in [3.8, 4) is 0 Å². The van der Waals surface area contributed by atoms with E-state index in [4.69, 9.17) is 10.5 Å². The van der Waals surface area contributed by atoms with Gasteiger partial charge in [-0.25, -0.2) is 4.98 Å². The normalized spacial score (nSPS) is 18.5. The van der Waals surface area contributed by atoms with Gasteiger partial charge in [-0.2, -0.15) is 0 Å². The lowest BCUT2D eigenvalue weighted by Gasteiger charge is -2.41. The molecular formula is C16H21N3O. The zero-order valence-electron chi connectivity index (χ0n) is 11.8. The minimum Gasteiger partial charge on any atom is -0.376 e. The second-order valence-corrected chi connectivity index (χ2v) is 5.58. The first-order valence-electron chi connectivity index (χ1n) is 7.10. The summed E-state index contributed by atoms with van der Waals surface area (Å²) in [5.74, 6) is 0. The molecule has 1 atom stereocenters. The van der Waals surface area contributed by atoms with Crippen molar-refractivity contribution in [2.24, 2.45) is 5.73 Å². The van der Waals surface area contributed by atoms with Gasteiger partial charge in [-0.1, -0.05) is 30.3 Å². The number of methoxy groups -OCH3 is 1. The molecule has 3 rings (SSSR count). The van der Waals surface area contributed by atoms with E-state index in [1.807, 2.05) is 30.7 Å². The highest BCUT2D eigenvalue weighted by Crippen LogP contribution is 2.37. The topological polar surface area (TPSA) is 53.1 Å². The first kappa shape index (κ1) is 13.3. The third kappa shape index (κ3) is 2.37. The van der Waals surface area contributed by atoms with Gasteiger partial charge in [0.25, 0.3) is 0 Å². The predicted molar refractivity (Wildman–Crippen MR) is 78.3 cm³/mol. The fraction of sp³-hybridized carbons (Fsp3) is 0.438. The van der Waals surface area contributed by atoms with Gasteiger partial charge in [0.1, 0.15) is 0 Å². The first-order chi connectivity index (χ1) is 9.74. The number of imidazole rings is 1. The standard InChI is InChI=1S/C16H21N3O/c1-20-16(8-5-9-16)11-19-12-18-10-14(19)15(17)13-6-3-2-4-7-13/h2-4,6-7,10,12,15H,5,8-9,11,17H2,1H3. The van der Waals surface area contributed by atoms with Crippen molar-refractivity contribution in [2.75, 3.05) is 7.11 Å². The van der Waals surface area contributed by atoms with E-state index in [9.17, 15) is 0 Å². The lowest BCUT2D eigenvalue weighted by Crippen LogP contribution is -2.43. The van der Waals surface area contributed by atoms with Gasteiger partial charge in [-0.05, 0) is 24.8 Å². The molecule has 0 aliphatic heterocycles. The van der Waals surface area contributed by atoms with Crippen LogP contribution in [0.1, 0.15) is 36.6 Å². The van der Waals surface area contributed by atoms with Crippen LogP contribution in [0, 0.1) is 0 Å². The van der Waals surface area contributed by atoms with Crippen LogP contribution in [0.5, 0.6) is 0 Å². The number of rotatable bonds is 5. The zero-order valence-corrected chi connectivity index (χ0v) is 11.8. The van der Waals surface area contributed by atoms with Gasteiger partial charge in [-0.3, -0.25) is 0 Å². The molecule has 1 heterocycles. The molecule has 0 radical (unpaired) electrons. The maximum absolute atomic E-state index is 6.38. The lowest BCUT2D eigenvalue weighted by molar-refractivity contribution is -0.0839. The van der Waals surface area contributed by atoms with Gasteiger partial charge >= 0.3 is 0 Å². The lowest BCUT2D eigenvalue weighted by atomic mass is 9.80. The Bertz CT molecular complexity index is 555. The summed E-state index contributed by atoms with van der Waals surface area (Å²) in [6.45, 7) is 0.833. The van der Waals surface area contributed by atoms with Crippen LogP contribution in [-0.4, -0.2) is 22.3 Å². The second kappa shape index (κ2) is 5.38. The van der Waals surface area contributed by atoms with Gasteiger partial charge in [0, 0.05) is 7.11 Å². The van der Waals surface area contributed by atoms with Crippen molar-refractivity contribution in [1.82, 2.24) is 9.55 Å². The van der Waals surface area contributed by atoms with Crippen LogP contribution in [-0.2, 0) is 11.3 Å². The molecule has 1 fully saturated rings. The van der Waals surface area contributed by atoms with Gasteiger partial charge in [0.2, 0.25) is 0 Å². The summed E-state index contributed by atoms with van der Waals surface area (Å²) in [6.07, 6.45) is 7.18. The van der Waals surface area contributed by atoms with Crippen LogP contribution in [0.15, 0.2) is 42.9 Å². The molecule has 2 aromatic rings. The summed E-state index contributed by atoms with van der Waals surface area (Å²) in [6, 6.07) is 9.99. The Morgan fingerprint density at radius 2 is 2.10 bits per heavy atom. The number of aromatic nitrogens is 2. The highest BCUT2D eigenvalue weighted by atomic mass is 16.5. The van der Waals surface area contributed by atoms with E-state index < -0.39 is 0 Å². The number of ether oxygens (including phenoxy) is 1. The maximum atomic E-state index is 6.38. The smallest absolute Gasteiger partial charge is 0.0949 e. The quantitative estimate of drug-likeness (QED) is 0.909. The largest absolute Gasteiger partial charge is 0.376 e. The molecule has 106 valence electrons. The second-order valence-electron chi connectivity index (χ2n) is 5.58. The minimum absolute atomic E-state index is 0.0220. The van der Waals surface area contributed by atoms with E-state index in [-0.39, 0.29) is 11.6 Å². The highest BCUT2D eigenvalue weighted by molar-refractivity contribution is 5.26. The molecule has 1 unspecified atom stereocenters. The van der Waals surface area contributed by atoms with E-state index in [1.54, 1.807) is 7.11 Å². The maximum Gasteiger partial charge on any atom is 0.0949 e. The molecule has 4 nitrogen and oxygen atoms in total. The molecule has 1 saturated carbocycles. The summed E-state index contributed by atoms with van der Waals surface area (Å²) in [7, 11) is 1.80. The summed E-state index contributed by atoms with van der Waals surface area (Å²) in [5, 5.41) is 0. The van der Waals surface area contributed by atoms with Gasteiger partial charge in [0.05, 0.1) is 36.4 Å². The van der Waals surface area contributed by atoms with Crippen molar-refractivity contribution < 1.29 is 4.74 Å². The zero-order chi connectivity index (χ0) is 14.0. The molecular weight excluding hydrogens is 250 g/mol. The van der Waals surface area contributed by atoms with Crippen molar-refractivity contribution in [1.29, 1.82) is 0 Å². The molecule has 0 amide bonds. The van der Waals surface area contributed by atoms with Crippen LogP contribution in [0.25, 0.3) is 0 Å². The van der Waals surface area contributed by atoms with Crippen molar-refractivity contribution in [3.05, 3.63) is 54.1 Å². The van der Waals surface area contributed by atoms with Crippen LogP contribution in [0.4, 0.5) is 0 Å². The Morgan fingerprint density at radius 3 is 2.70 bits per heavy atom. The van der Waals surface area contributed by atoms with E-state index in [0.29, 0.717) is 0 Å². The number of benzene rings is 1. The Morgan fingerprint density at radius 1 is 1.35 bits per heavy atom. The third-order valence-corrected chi connectivity index (χ3v) is 4.38. The van der Waals surface area contributed by atoms with Crippen LogP contribution in [0.3, 0.4) is 0 Å². The van der Waals surface area contributed by atoms with E-state index in [1.165, 1.54) is 6.42 Å². The number of nitrogens with two attached hydrogens (primary N) is 1. The first-order valence-corrected chi connectivity index (χ1v) is 7.10. The van der Waals surface area contributed by atoms with Crippen LogP contribution < -0.4 is 5.73 Å². The molecule has 1 aromatic heterocycles. The average molecular weight is 271 g/mol. The Kier molecular flexibility index (Phi) is 3.59. The minimum atomic E-state index is -0.146. The number of nitrogens with zero attached hydrogens (tertiary/aromatic N) is 2. The van der Waals surface area contributed by atoms with E-state index in [2.05, 4.69) is 21.7 Å². The van der Waals surface area contributed by atoms with Gasteiger partial charge in [-0.15, -0.1) is 0 Å². The molecule has 4 heteroatoms. The predicted octanol–water partition coefficient (Wildman–Crippen LogP) is 2.50. The van der Waals surface area contributed by atoms with Crippen molar-refractivity contribution in [3.63, 3.8) is 0 Å². The summed E-state index contributed by atoms with van der Waals surface area (Å²) in [5.41, 5.74) is 8.50. The summed E-state index contributed by atoms with van der Waals surface area (Å²) >= 11 is 0. The Balaban J connectivity index is 1.83. The van der Waals surface area contributed by atoms with Gasteiger partial charge in [0.15, 0.2) is 0 Å². The molecule has 0 bridgehead atoms. The number of hydrogen-bond acceptors (Lipinski definition) is 3. The van der Waals surface area contributed by atoms with E-state index in [0.717, 1.165) is 30.6 Å². The Hall–Kier alpha value is -1.65. The average Bonchev–Trinajstić information content (AvgIpc) is 2.91. The molecule has 0 spiro atoms. The SMILES string of the molecule is COC1(Cn2cncc2C(N)c2ccccc2)CCC1. The van der Waals surface area contributed by atoms with E-state index >= 15 is 0 Å². The fourth-order valence-electron chi connectivity index (χ4n) is 2.86. The molecule has 2 N–H and O–H groups in total. The monoisotopic (exact) mass is 271 g/mol. The summed E-state index contributed by atoms with van der Waals surface area (Å²) < 4.78 is 7.84. The third-order valence-electron chi connectivity index (χ3n) is 4.38. The molecule has 1 aliphatic carbocycles. The van der Waals surface area contributed by atoms with Crippen LogP contribution >= 0.6 is 0 Å². The van der Waals surface area contributed by atoms with Crippen molar-refractivity contribution >= 4 is 0 Å². The summed E-state index contributed by atoms with van der Waals surface area (Å²) in [4.78, 5) is 4.27. The fourth-order valence-corrected chi connectivity index (χ4v) is 2.86. The molecule has 20 heavy (non-hydrogen) atoms. The van der Waals surface area contributed by atoms with Crippen molar-refractivity contribution in [2.45, 2.75) is 37.5 Å². The van der Waals surface area contributed by atoms with Crippen LogP contribution in [0.2, 0.25) is 0 Å². The van der Waals surface area contributed by atoms with Gasteiger partial charge < -0.3 is 15.0 Å². The Labute approximate surface area is 119 Å².